The maximum absolute atomic E-state index is 15.9. The van der Waals surface area contributed by atoms with E-state index in [2.05, 4.69) is 97.7 Å². The highest BCUT2D eigenvalue weighted by Crippen LogP contribution is 2.57. The van der Waals surface area contributed by atoms with Crippen LogP contribution in [0.25, 0.3) is 20.9 Å². The Bertz CT molecular complexity index is 5990. The summed E-state index contributed by atoms with van der Waals surface area (Å²) in [6.45, 7) is 8.53. The molecule has 0 aliphatic carbocycles. The van der Waals surface area contributed by atoms with E-state index >= 15 is 24.0 Å². The number of likely N-dealkylation sites (tertiary alicyclic amines) is 1. The number of benzene rings is 6. The first kappa shape index (κ1) is 115. The van der Waals surface area contributed by atoms with E-state index < -0.39 is 190 Å². The van der Waals surface area contributed by atoms with Crippen LogP contribution < -0.4 is 113 Å². The number of aliphatic hydroxyl groups is 1. The first-order valence-corrected chi connectivity index (χ1v) is 50.3. The third-order valence-corrected chi connectivity index (χ3v) is 26.4. The van der Waals surface area contributed by atoms with Crippen molar-refractivity contribution in [3.8, 4) is 23.0 Å². The van der Waals surface area contributed by atoms with Crippen molar-refractivity contribution in [3.05, 3.63) is 160 Å². The van der Waals surface area contributed by atoms with E-state index in [1.54, 1.807) is 81.4 Å². The van der Waals surface area contributed by atoms with Gasteiger partial charge in [0.15, 0.2) is 34.6 Å². The number of fused-ring (bicyclic) bond motifs is 8. The number of rotatable bonds is 53. The topological polar surface area (TPSA) is 735 Å². The average molecular weight is 2120 g/mol. The second kappa shape index (κ2) is 53.7. The summed E-state index contributed by atoms with van der Waals surface area (Å²) in [6, 6.07) is 17.0. The molecule has 12 atom stereocenters. The Morgan fingerprint density at radius 2 is 1.05 bits per heavy atom. The van der Waals surface area contributed by atoms with E-state index in [4.69, 9.17) is 88.4 Å². The molecule has 1 aromatic heterocycles. The number of phenols is 2. The van der Waals surface area contributed by atoms with E-state index in [0.29, 0.717) is 33.5 Å². The van der Waals surface area contributed by atoms with Crippen LogP contribution in [0.2, 0.25) is 0 Å². The Kier molecular flexibility index (Phi) is 41.8. The van der Waals surface area contributed by atoms with Gasteiger partial charge >= 0.3 is 11.9 Å². The fourth-order valence-electron chi connectivity index (χ4n) is 17.1. The van der Waals surface area contributed by atoms with Crippen molar-refractivity contribution in [2.45, 2.75) is 202 Å². The van der Waals surface area contributed by atoms with Gasteiger partial charge in [-0.15, -0.1) is 11.3 Å². The number of ether oxygens (including phenoxy) is 4. The number of carboxylic acids is 1. The molecule has 1 saturated heterocycles. The Hall–Kier alpha value is -14.6. The summed E-state index contributed by atoms with van der Waals surface area (Å²) in [4.78, 5) is 191. The lowest BCUT2D eigenvalue weighted by Gasteiger charge is -2.36. The first-order chi connectivity index (χ1) is 70.2. The zero-order valence-electron chi connectivity index (χ0n) is 82.5. The Labute approximate surface area is 873 Å². The smallest absolute Gasteiger partial charge is 0.340 e. The van der Waals surface area contributed by atoms with Gasteiger partial charge in [0.1, 0.15) is 96.1 Å². The molecule has 7 aromatic rings. The summed E-state index contributed by atoms with van der Waals surface area (Å²) in [5.41, 5.74) is 23.1. The normalized spacial score (nSPS) is 15.5. The van der Waals surface area contributed by atoms with Gasteiger partial charge in [-0.3, -0.25) is 74.4 Å². The second-order valence-corrected chi connectivity index (χ2v) is 40.3. The predicted molar refractivity (Wildman–Crippen MR) is 563 cm³/mol. The summed E-state index contributed by atoms with van der Waals surface area (Å²) in [5.74, 6) is -13.8. The summed E-state index contributed by atoms with van der Waals surface area (Å²) < 4.78 is 22.8. The van der Waals surface area contributed by atoms with Gasteiger partial charge in [0.2, 0.25) is 65.0 Å². The van der Waals surface area contributed by atoms with Gasteiger partial charge in [-0.1, -0.05) is 87.5 Å². The summed E-state index contributed by atoms with van der Waals surface area (Å²) >= 11 is 16.0. The standard InChI is InChI=1S/C98H131N25O21S4/c1-51(124)76(86(135)117-67(22-14-36-110-94(105)106)82(131)122-78(89(138)139)96(2,3)4)120-87(136)77(97(5,6)147)121-85(134)71-23-15-38-123(71)88(137)69(44-55-50-148-74-24-10-9-18-59(55)74)119-83(132)68(43-52-25-26-53-16-7-8-17-54(53)42-52)118-81(130)66(21-13-35-109-93(103)104)115-79(128)64(19-11-33-107-91(99)100)114-80(129)65(20-12-34-108-92(101)102)116-84(133)70(49-145)113-75(127)48-142-41-40-141-39-37-111-95(146)112-56-27-30-61-60(45-56)90(140)144-98(61)62-31-28-57(125)46-72(62)143-73-47-58(126)29-32-63(73)98/h7-10,16-18,24-32,42,45-47,50-51,64-71,76-78,124-126,145,147H,11-15,19-23,33-41,43-44,48-49H2,1-6H3,(H,113,127)(H,114,129)(H,115,128)(H,116,133)(H,117,135)(H,118,130)(H,119,132)(H,120,136)(H,121,134)(H,122,131)(H,138,139)(H4,99,100,107)(H4,101,102,108)(H4,103,104,109)(H4,105,106,110)(H2,111,112,146)/t51-,64+,65-,66+,67+,68+,69+,70+,71+,76+,77-,78-/m1/s1. The lowest BCUT2D eigenvalue weighted by Crippen LogP contribution is -2.64. The van der Waals surface area contributed by atoms with Gasteiger partial charge in [-0.25, -0.2) is 9.59 Å². The zero-order chi connectivity index (χ0) is 108. The molecule has 3 aliphatic heterocycles. The van der Waals surface area contributed by atoms with Crippen LogP contribution in [0.4, 0.5) is 5.69 Å². The monoisotopic (exact) mass is 2120 g/mol. The van der Waals surface area contributed by atoms with Crippen LogP contribution in [-0.2, 0) is 90.2 Å². The molecule has 148 heavy (non-hydrogen) atoms. The molecule has 1 fully saturated rings. The lowest BCUT2D eigenvalue weighted by atomic mass is 9.77. The van der Waals surface area contributed by atoms with Crippen molar-refractivity contribution in [3.63, 3.8) is 0 Å². The molecule has 0 unspecified atom stereocenters. The molecule has 50 heteroatoms. The number of phenolic OH excluding ortho intramolecular Hbond substituents is 2. The number of aromatic hydroxyl groups is 2. The van der Waals surface area contributed by atoms with Gasteiger partial charge in [0.25, 0.3) is 0 Å². The SMILES string of the molecule is C[C@@H](O)[C@H](NC(=O)[C@@H](NC(=O)[C@@H]1CCCN1C(=O)[C@H](Cc1csc2ccccc12)NC(=O)[C@H](Cc1ccc2ccccc2c1)NC(=O)[C@H](CCCNC(=N)N)NC(=O)[C@H](CCCNC(=N)N)NC(=O)[C@@H](CCCNC(=N)N)NC(=O)[C@H](CS)NC(=O)COCCOCCNC(=S)Nc1ccc2c(c1)C(=O)OC21c2ccc(O)cc2Oc2cc(O)ccc21)C(C)(C)S)C(=O)N[C@@H](CCCNC(=N)N)C(=O)N[C@H](C(=O)O)C(C)(C)C. The number of aliphatic hydroxyl groups excluding tert-OH is 1. The third kappa shape index (κ3) is 32.5. The fourth-order valence-corrected chi connectivity index (χ4v) is 18.7. The maximum atomic E-state index is 15.9. The van der Waals surface area contributed by atoms with Crippen molar-refractivity contribution in [2.75, 3.05) is 76.8 Å². The molecule has 3 aliphatic rings. The largest absolute Gasteiger partial charge is 0.508 e. The molecule has 0 saturated carbocycles. The van der Waals surface area contributed by atoms with Crippen molar-refractivity contribution in [2.24, 2.45) is 28.3 Å². The van der Waals surface area contributed by atoms with E-state index in [0.717, 1.165) is 20.9 Å². The van der Waals surface area contributed by atoms with Gasteiger partial charge in [-0.2, -0.15) is 25.3 Å². The van der Waals surface area contributed by atoms with Gasteiger partial charge < -0.3 is 152 Å². The molecule has 32 N–H and O–H groups in total. The van der Waals surface area contributed by atoms with Crippen molar-refractivity contribution < 1.29 is 102 Å². The Morgan fingerprint density at radius 3 is 1.58 bits per heavy atom. The molecule has 0 bridgehead atoms. The first-order valence-electron chi connectivity index (χ1n) is 48.0. The van der Waals surface area contributed by atoms with Crippen LogP contribution in [0.1, 0.15) is 144 Å². The molecule has 798 valence electrons. The molecular formula is C98H131N25O21S4. The Morgan fingerprint density at radius 1 is 0.547 bits per heavy atom. The van der Waals surface area contributed by atoms with Crippen molar-refractivity contribution >= 4 is 181 Å². The highest BCUT2D eigenvalue weighted by Gasteiger charge is 2.54. The number of esters is 1. The number of nitrogens with two attached hydrogens (primary N) is 4. The number of nitrogens with one attached hydrogen (secondary N) is 20. The highest BCUT2D eigenvalue weighted by molar-refractivity contribution is 7.82. The minimum absolute atomic E-state index is 0.00485. The molecule has 46 nitrogen and oxygen atoms in total. The van der Waals surface area contributed by atoms with Crippen LogP contribution in [-0.4, -0.2) is 280 Å². The molecule has 1 spiro atoms. The number of hydrogen-bond acceptors (Lipinski definition) is 28. The summed E-state index contributed by atoms with van der Waals surface area (Å²) in [6.07, 6.45) is -2.41. The fraction of sp³-hybridized carbons (Fsp3) is 0.449. The number of aliphatic carboxylic acids is 1. The number of carbonyl (C=O) groups is 13. The molecule has 11 amide bonds. The van der Waals surface area contributed by atoms with Crippen LogP contribution in [0, 0.1) is 27.1 Å². The number of guanidine groups is 4. The second-order valence-electron chi connectivity index (χ2n) is 37.4. The summed E-state index contributed by atoms with van der Waals surface area (Å²) in [5, 5.41) is 120. The molecular weight excluding hydrogens is 1990 g/mol. The van der Waals surface area contributed by atoms with Crippen molar-refractivity contribution in [1.29, 1.82) is 21.6 Å². The number of carbonyl (C=O) groups excluding carboxylic acids is 12. The van der Waals surface area contributed by atoms with Crippen molar-refractivity contribution in [1.82, 2.24) is 84.7 Å². The lowest BCUT2D eigenvalue weighted by molar-refractivity contribution is -0.145. The molecule has 0 radical (unpaired) electrons. The quantitative estimate of drug-likeness (QED) is 0.00628. The van der Waals surface area contributed by atoms with Gasteiger partial charge in [-0.05, 0) is 178 Å². The van der Waals surface area contributed by atoms with Crippen LogP contribution in [0.15, 0.2) is 127 Å². The van der Waals surface area contributed by atoms with Gasteiger partial charge in [0, 0.05) is 102 Å². The maximum Gasteiger partial charge on any atom is 0.340 e. The highest BCUT2D eigenvalue weighted by atomic mass is 32.1. The van der Waals surface area contributed by atoms with E-state index in [1.165, 1.54) is 61.3 Å². The van der Waals surface area contributed by atoms with E-state index in [1.807, 2.05) is 41.8 Å². The molecule has 6 aromatic carbocycles. The number of thiol groups is 2. The van der Waals surface area contributed by atoms with Crippen LogP contribution >= 0.6 is 48.8 Å². The van der Waals surface area contributed by atoms with E-state index in [-0.39, 0.29) is 182 Å². The van der Waals surface area contributed by atoms with Gasteiger partial charge in [0.05, 0.1) is 31.5 Å². The number of nitrogens with zero attached hydrogens (tertiary/aromatic N) is 1. The predicted octanol–water partition coefficient (Wildman–Crippen LogP) is 0.880. The minimum atomic E-state index is -1.83. The van der Waals surface area contributed by atoms with Crippen LogP contribution in [0.5, 0.6) is 23.0 Å². The number of thiocarbonyl (C=S) groups is 1. The number of amides is 11. The summed E-state index contributed by atoms with van der Waals surface area (Å²) in [7, 11) is 0. The van der Waals surface area contributed by atoms with E-state index in [9.17, 15) is 58.8 Å². The van der Waals surface area contributed by atoms with Crippen LogP contribution in [0.3, 0.4) is 0 Å². The number of thiophene rings is 1. The average Bonchev–Trinajstić information content (AvgIpc) is 1.52. The number of carboxylic acid groups (broad SMARTS) is 1. The molecule has 4 heterocycles. The third-order valence-electron chi connectivity index (χ3n) is 24.5. The number of hydrogen-bond donors (Lipinski definition) is 30. The number of anilines is 1. The molecule has 10 rings (SSSR count). The Balaban J connectivity index is 0.815. The minimum Gasteiger partial charge on any atom is -0.508 e. The zero-order valence-corrected chi connectivity index (χ0v) is 85.9.